The van der Waals surface area contributed by atoms with E-state index in [2.05, 4.69) is 70.2 Å². The molecule has 2 aromatic rings. The molecule has 2 radical (unpaired) electrons. The van der Waals surface area contributed by atoms with E-state index in [1.807, 2.05) is 6.07 Å². The van der Waals surface area contributed by atoms with E-state index in [4.69, 9.17) is 4.43 Å². The second-order valence-electron chi connectivity index (χ2n) is 5.99. The summed E-state index contributed by atoms with van der Waals surface area (Å²) in [6.07, 6.45) is 0. The first kappa shape index (κ1) is 16.0. The van der Waals surface area contributed by atoms with Gasteiger partial charge in [0.2, 0.25) is 0 Å². The highest BCUT2D eigenvalue weighted by Gasteiger charge is 2.15. The van der Waals surface area contributed by atoms with Gasteiger partial charge in [0.1, 0.15) is 0 Å². The third-order valence-electron chi connectivity index (χ3n) is 3.60. The van der Waals surface area contributed by atoms with Crippen LogP contribution in [-0.2, 0) is 11.0 Å². The monoisotopic (exact) mass is 296 g/mol. The minimum Gasteiger partial charge on any atom is -0.407 e. The zero-order valence-electron chi connectivity index (χ0n) is 13.4. The van der Waals surface area contributed by atoms with Gasteiger partial charge < -0.3 is 4.43 Å². The lowest BCUT2D eigenvalue weighted by molar-refractivity contribution is 0.330. The van der Waals surface area contributed by atoms with E-state index in [9.17, 15) is 0 Å². The zero-order chi connectivity index (χ0) is 15.2. The number of rotatable bonds is 6. The molecule has 0 N–H and O–H groups in total. The second kappa shape index (κ2) is 7.58. The fourth-order valence-electron chi connectivity index (χ4n) is 2.59. The zero-order valence-corrected chi connectivity index (χ0v) is 14.4. The Labute approximate surface area is 131 Å². The lowest BCUT2D eigenvalue weighted by Gasteiger charge is -2.19. The van der Waals surface area contributed by atoms with Crippen molar-refractivity contribution in [1.29, 1.82) is 0 Å². The molecule has 0 saturated heterocycles. The van der Waals surface area contributed by atoms with Gasteiger partial charge in [-0.05, 0) is 33.7 Å². The van der Waals surface area contributed by atoms with Gasteiger partial charge in [0.05, 0.1) is 6.61 Å². The average molecular weight is 296 g/mol. The Morgan fingerprint density at radius 3 is 2.19 bits per heavy atom. The summed E-state index contributed by atoms with van der Waals surface area (Å²) in [7, 11) is 0.411. The van der Waals surface area contributed by atoms with Gasteiger partial charge in [-0.3, -0.25) is 0 Å². The molecule has 0 fully saturated rings. The van der Waals surface area contributed by atoms with Gasteiger partial charge in [-0.1, -0.05) is 76.2 Å². The van der Waals surface area contributed by atoms with Crippen LogP contribution in [0.2, 0.25) is 0 Å². The molecule has 0 aliphatic carbocycles. The molecule has 110 valence electrons. The fraction of sp³-hybridized carbons (Fsp3) is 0.368. The van der Waals surface area contributed by atoms with Gasteiger partial charge in [0, 0.05) is 0 Å². The van der Waals surface area contributed by atoms with Crippen LogP contribution in [0.1, 0.15) is 56.2 Å². The quantitative estimate of drug-likeness (QED) is 0.718. The molecule has 2 heteroatoms. The molecule has 0 saturated carbocycles. The normalized spacial score (nSPS) is 11.3. The predicted octanol–water partition coefficient (Wildman–Crippen LogP) is 4.39. The lowest BCUT2D eigenvalue weighted by atomic mass is 9.91. The summed E-state index contributed by atoms with van der Waals surface area (Å²) in [6, 6.07) is 17.0. The SMILES string of the molecule is CC(C)c1cccc([Si]OCc2ccccc2)c1C(C)C. The molecule has 0 spiro atoms. The van der Waals surface area contributed by atoms with Crippen LogP contribution in [0.25, 0.3) is 0 Å². The van der Waals surface area contributed by atoms with E-state index >= 15 is 0 Å². The van der Waals surface area contributed by atoms with E-state index in [0.29, 0.717) is 28.2 Å². The molecule has 0 atom stereocenters. The van der Waals surface area contributed by atoms with Crippen molar-refractivity contribution in [2.75, 3.05) is 0 Å². The van der Waals surface area contributed by atoms with Crippen molar-refractivity contribution in [3.05, 3.63) is 65.2 Å². The molecule has 0 bridgehead atoms. The molecular weight excluding hydrogens is 272 g/mol. The van der Waals surface area contributed by atoms with Crippen molar-refractivity contribution >= 4 is 14.9 Å². The summed E-state index contributed by atoms with van der Waals surface area (Å²) in [5, 5.41) is 1.35. The number of benzene rings is 2. The molecule has 0 amide bonds. The van der Waals surface area contributed by atoms with Crippen molar-refractivity contribution in [3.8, 4) is 0 Å². The predicted molar refractivity (Wildman–Crippen MR) is 91.2 cm³/mol. The first-order chi connectivity index (χ1) is 10.1. The maximum Gasteiger partial charge on any atom is 0.269 e. The van der Waals surface area contributed by atoms with E-state index in [-0.39, 0.29) is 0 Å². The van der Waals surface area contributed by atoms with Crippen LogP contribution in [-0.4, -0.2) is 9.76 Å². The Kier molecular flexibility index (Phi) is 5.77. The van der Waals surface area contributed by atoms with Crippen LogP contribution in [0, 0.1) is 0 Å². The molecule has 0 aliphatic rings. The highest BCUT2D eigenvalue weighted by Crippen LogP contribution is 2.24. The number of hydrogen-bond donors (Lipinski definition) is 0. The Balaban J connectivity index is 2.11. The smallest absolute Gasteiger partial charge is 0.269 e. The van der Waals surface area contributed by atoms with Gasteiger partial charge in [0.15, 0.2) is 0 Å². The lowest BCUT2D eigenvalue weighted by Crippen LogP contribution is -2.24. The largest absolute Gasteiger partial charge is 0.407 e. The molecule has 0 heterocycles. The topological polar surface area (TPSA) is 9.23 Å². The van der Waals surface area contributed by atoms with Gasteiger partial charge in [-0.2, -0.15) is 0 Å². The maximum absolute atomic E-state index is 5.96. The molecule has 0 aromatic heterocycles. The molecule has 2 aromatic carbocycles. The van der Waals surface area contributed by atoms with Gasteiger partial charge in [0.25, 0.3) is 9.76 Å². The van der Waals surface area contributed by atoms with Crippen LogP contribution in [0.15, 0.2) is 48.5 Å². The van der Waals surface area contributed by atoms with Crippen LogP contribution < -0.4 is 5.19 Å². The molecule has 21 heavy (non-hydrogen) atoms. The van der Waals surface area contributed by atoms with E-state index < -0.39 is 0 Å². The standard InChI is InChI=1S/C19H24OSi/c1-14(2)17-11-8-12-18(19(17)15(3)4)21-20-13-16-9-6-5-7-10-16/h5-12,14-15H,13H2,1-4H3. The van der Waals surface area contributed by atoms with E-state index in [0.717, 1.165) is 0 Å². The van der Waals surface area contributed by atoms with Crippen LogP contribution in [0.5, 0.6) is 0 Å². The summed E-state index contributed by atoms with van der Waals surface area (Å²) in [6.45, 7) is 9.75. The van der Waals surface area contributed by atoms with Crippen molar-refractivity contribution < 1.29 is 4.43 Å². The summed E-state index contributed by atoms with van der Waals surface area (Å²) >= 11 is 0. The van der Waals surface area contributed by atoms with Crippen LogP contribution in [0.3, 0.4) is 0 Å². The first-order valence-electron chi connectivity index (χ1n) is 7.64. The van der Waals surface area contributed by atoms with E-state index in [1.165, 1.54) is 21.9 Å². The summed E-state index contributed by atoms with van der Waals surface area (Å²) < 4.78 is 5.96. The average Bonchev–Trinajstić information content (AvgIpc) is 2.47. The van der Waals surface area contributed by atoms with Crippen LogP contribution >= 0.6 is 0 Å². The van der Waals surface area contributed by atoms with Crippen LogP contribution in [0.4, 0.5) is 0 Å². The third kappa shape index (κ3) is 4.29. The van der Waals surface area contributed by atoms with Crippen molar-refractivity contribution in [2.24, 2.45) is 0 Å². The molecular formula is C19H24OSi. The third-order valence-corrected chi connectivity index (χ3v) is 4.55. The van der Waals surface area contributed by atoms with E-state index in [1.54, 1.807) is 0 Å². The Morgan fingerprint density at radius 1 is 0.857 bits per heavy atom. The minimum atomic E-state index is 0.411. The fourth-order valence-corrected chi connectivity index (χ4v) is 3.69. The van der Waals surface area contributed by atoms with Gasteiger partial charge >= 0.3 is 0 Å². The first-order valence-corrected chi connectivity index (χ1v) is 8.55. The maximum atomic E-state index is 5.96. The summed E-state index contributed by atoms with van der Waals surface area (Å²) in [4.78, 5) is 0. The number of hydrogen-bond acceptors (Lipinski definition) is 1. The van der Waals surface area contributed by atoms with Crippen molar-refractivity contribution in [2.45, 2.75) is 46.1 Å². The summed E-state index contributed by atoms with van der Waals surface area (Å²) in [5.41, 5.74) is 4.16. The molecule has 1 nitrogen and oxygen atoms in total. The summed E-state index contributed by atoms with van der Waals surface area (Å²) in [5.74, 6) is 1.09. The Morgan fingerprint density at radius 2 is 1.57 bits per heavy atom. The van der Waals surface area contributed by atoms with Crippen molar-refractivity contribution in [1.82, 2.24) is 0 Å². The molecule has 0 unspecified atom stereocenters. The Hall–Kier alpha value is -1.38. The minimum absolute atomic E-state index is 0.411. The second-order valence-corrected chi connectivity index (χ2v) is 7.03. The Bertz CT molecular complexity index is 561. The molecule has 0 aliphatic heterocycles. The van der Waals surface area contributed by atoms with Gasteiger partial charge in [-0.25, -0.2) is 0 Å². The van der Waals surface area contributed by atoms with Gasteiger partial charge in [-0.15, -0.1) is 0 Å². The molecule has 2 rings (SSSR count). The highest BCUT2D eigenvalue weighted by atomic mass is 28.2. The van der Waals surface area contributed by atoms with Crippen molar-refractivity contribution in [3.63, 3.8) is 0 Å². The highest BCUT2D eigenvalue weighted by molar-refractivity contribution is 6.47.